The molecular weight excluding hydrogens is 458 g/mol. The fourth-order valence-electron chi connectivity index (χ4n) is 5.62. The van der Waals surface area contributed by atoms with Crippen LogP contribution in [-0.2, 0) is 29.9 Å². The van der Waals surface area contributed by atoms with Crippen LogP contribution in [0.1, 0.15) is 68.7 Å². The molecule has 6 rings (SSSR count). The Morgan fingerprint density at radius 2 is 1.34 bits per heavy atom. The Bertz CT molecular complexity index is 1450. The molecule has 35 heavy (non-hydrogen) atoms. The van der Waals surface area contributed by atoms with Gasteiger partial charge in [-0.15, -0.1) is 11.3 Å². The predicted molar refractivity (Wildman–Crippen MR) is 137 cm³/mol. The SMILES string of the molecule is CC1(C)OC(=O)C(=Cc2cc3c(s2)N2c4ccccc4C(C)(C)c4cccc(c42)C3(C)C)C(=O)O1. The number of carbonyl (C=O) groups excluding carboxylic acids is 2. The van der Waals surface area contributed by atoms with E-state index in [0.717, 1.165) is 21.1 Å². The molecule has 0 N–H and O–H groups in total. The van der Waals surface area contributed by atoms with E-state index in [-0.39, 0.29) is 16.4 Å². The number of esters is 2. The van der Waals surface area contributed by atoms with Gasteiger partial charge in [0.15, 0.2) is 0 Å². The normalized spacial score (nSPS) is 20.3. The molecule has 3 aliphatic heterocycles. The zero-order valence-corrected chi connectivity index (χ0v) is 21.5. The number of carbonyl (C=O) groups is 2. The number of hydrogen-bond donors (Lipinski definition) is 0. The van der Waals surface area contributed by atoms with E-state index >= 15 is 0 Å². The minimum atomic E-state index is -1.26. The molecule has 2 aromatic carbocycles. The molecule has 0 unspecified atom stereocenters. The molecule has 0 bridgehead atoms. The first kappa shape index (κ1) is 22.1. The first-order valence-corrected chi connectivity index (χ1v) is 12.6. The highest BCUT2D eigenvalue weighted by Gasteiger charge is 2.46. The Hall–Kier alpha value is -3.38. The third-order valence-electron chi connectivity index (χ3n) is 7.44. The number of para-hydroxylation sites is 2. The van der Waals surface area contributed by atoms with Gasteiger partial charge in [-0.05, 0) is 40.5 Å². The summed E-state index contributed by atoms with van der Waals surface area (Å²) in [6.07, 6.45) is 1.60. The van der Waals surface area contributed by atoms with Crippen molar-refractivity contribution in [3.63, 3.8) is 0 Å². The average Bonchev–Trinajstić information content (AvgIpc) is 3.20. The quantitative estimate of drug-likeness (QED) is 0.218. The molecule has 3 aromatic rings. The van der Waals surface area contributed by atoms with Crippen molar-refractivity contribution in [2.75, 3.05) is 4.90 Å². The third-order valence-corrected chi connectivity index (χ3v) is 8.50. The summed E-state index contributed by atoms with van der Waals surface area (Å²) >= 11 is 1.57. The summed E-state index contributed by atoms with van der Waals surface area (Å²) < 4.78 is 10.6. The number of fused-ring (bicyclic) bond motifs is 4. The van der Waals surface area contributed by atoms with Gasteiger partial charge in [0.25, 0.3) is 5.79 Å². The van der Waals surface area contributed by atoms with Crippen LogP contribution in [0.3, 0.4) is 0 Å². The highest BCUT2D eigenvalue weighted by Crippen LogP contribution is 2.61. The molecule has 0 amide bonds. The van der Waals surface area contributed by atoms with E-state index in [1.165, 1.54) is 22.4 Å². The van der Waals surface area contributed by atoms with Gasteiger partial charge in [-0.3, -0.25) is 0 Å². The summed E-state index contributed by atoms with van der Waals surface area (Å²) in [5.74, 6) is -2.58. The smallest absolute Gasteiger partial charge is 0.348 e. The van der Waals surface area contributed by atoms with Gasteiger partial charge in [0.1, 0.15) is 10.6 Å². The summed E-state index contributed by atoms with van der Waals surface area (Å²) in [6, 6.07) is 17.2. The van der Waals surface area contributed by atoms with Crippen LogP contribution >= 0.6 is 11.3 Å². The van der Waals surface area contributed by atoms with Crippen molar-refractivity contribution in [1.82, 2.24) is 0 Å². The van der Waals surface area contributed by atoms with Crippen LogP contribution in [0.2, 0.25) is 0 Å². The van der Waals surface area contributed by atoms with Crippen LogP contribution < -0.4 is 4.90 Å². The largest absolute Gasteiger partial charge is 0.419 e. The van der Waals surface area contributed by atoms with Gasteiger partial charge in [0.2, 0.25) is 0 Å². The number of hydrogen-bond acceptors (Lipinski definition) is 6. The van der Waals surface area contributed by atoms with E-state index in [0.29, 0.717) is 0 Å². The fraction of sp³-hybridized carbons (Fsp3) is 0.310. The van der Waals surface area contributed by atoms with E-state index in [1.54, 1.807) is 31.3 Å². The van der Waals surface area contributed by atoms with Gasteiger partial charge < -0.3 is 14.4 Å². The second-order valence-corrected chi connectivity index (χ2v) is 12.0. The van der Waals surface area contributed by atoms with Gasteiger partial charge in [0, 0.05) is 29.6 Å². The lowest BCUT2D eigenvalue weighted by Gasteiger charge is -2.48. The first-order chi connectivity index (χ1) is 16.4. The van der Waals surface area contributed by atoms with Crippen LogP contribution in [0, 0.1) is 0 Å². The molecule has 1 saturated heterocycles. The monoisotopic (exact) mass is 485 g/mol. The Morgan fingerprint density at radius 3 is 2.00 bits per heavy atom. The summed E-state index contributed by atoms with van der Waals surface area (Å²) in [4.78, 5) is 28.3. The first-order valence-electron chi connectivity index (χ1n) is 11.8. The van der Waals surface area contributed by atoms with Gasteiger partial charge in [0.05, 0.1) is 11.4 Å². The molecule has 0 saturated carbocycles. The van der Waals surface area contributed by atoms with Gasteiger partial charge >= 0.3 is 11.9 Å². The number of benzene rings is 2. The van der Waals surface area contributed by atoms with Crippen molar-refractivity contribution in [1.29, 1.82) is 0 Å². The Morgan fingerprint density at radius 1 is 0.771 bits per heavy atom. The predicted octanol–water partition coefficient (Wildman–Crippen LogP) is 6.72. The van der Waals surface area contributed by atoms with Gasteiger partial charge in [-0.1, -0.05) is 64.1 Å². The molecule has 178 valence electrons. The summed E-state index contributed by atoms with van der Waals surface area (Å²) in [5, 5.41) is 1.10. The molecule has 5 nitrogen and oxygen atoms in total. The number of cyclic esters (lactones) is 2. The number of thiophene rings is 1. The van der Waals surface area contributed by atoms with Crippen LogP contribution in [0.5, 0.6) is 0 Å². The van der Waals surface area contributed by atoms with Crippen molar-refractivity contribution < 1.29 is 19.1 Å². The van der Waals surface area contributed by atoms with Crippen molar-refractivity contribution >= 4 is 45.7 Å². The molecule has 1 fully saturated rings. The van der Waals surface area contributed by atoms with Gasteiger partial charge in [-0.25, -0.2) is 9.59 Å². The standard InChI is InChI=1S/C29H27NO4S/c1-27(2)18-10-7-8-13-22(18)30-23-19(27)11-9-12-20(23)28(3,4)21-15-16(35-24(21)30)14-17-25(31)33-29(5,6)34-26(17)32/h7-15H,1-6H3. The number of ether oxygens (including phenoxy) is 2. The molecule has 0 radical (unpaired) electrons. The highest BCUT2D eigenvalue weighted by molar-refractivity contribution is 7.17. The zero-order valence-electron chi connectivity index (χ0n) is 20.7. The molecular formula is C29H27NO4S. The van der Waals surface area contributed by atoms with Crippen LogP contribution in [0.4, 0.5) is 16.4 Å². The fourth-order valence-corrected chi connectivity index (χ4v) is 6.90. The van der Waals surface area contributed by atoms with E-state index in [4.69, 9.17) is 9.47 Å². The molecule has 0 atom stereocenters. The number of anilines is 3. The second kappa shape index (κ2) is 6.85. The zero-order chi connectivity index (χ0) is 24.9. The molecule has 0 aliphatic carbocycles. The summed E-state index contributed by atoms with van der Waals surface area (Å²) in [5.41, 5.74) is 6.89. The second-order valence-electron chi connectivity index (χ2n) is 10.9. The van der Waals surface area contributed by atoms with Crippen molar-refractivity contribution in [2.24, 2.45) is 0 Å². The van der Waals surface area contributed by atoms with Crippen LogP contribution in [-0.4, -0.2) is 17.7 Å². The average molecular weight is 486 g/mol. The molecule has 3 aliphatic rings. The number of nitrogens with zero attached hydrogens (tertiary/aromatic N) is 1. The minimum absolute atomic E-state index is 0.0842. The molecule has 6 heteroatoms. The minimum Gasteiger partial charge on any atom is -0.419 e. The summed E-state index contributed by atoms with van der Waals surface area (Å²) in [7, 11) is 0. The maximum absolute atomic E-state index is 12.6. The Kier molecular flexibility index (Phi) is 4.33. The molecule has 4 heterocycles. The summed E-state index contributed by atoms with van der Waals surface area (Å²) in [6.45, 7) is 12.1. The lowest BCUT2D eigenvalue weighted by Crippen LogP contribution is -2.41. The highest BCUT2D eigenvalue weighted by atomic mass is 32.1. The maximum atomic E-state index is 12.6. The van der Waals surface area contributed by atoms with Gasteiger partial charge in [-0.2, -0.15) is 0 Å². The maximum Gasteiger partial charge on any atom is 0.348 e. The van der Waals surface area contributed by atoms with Crippen molar-refractivity contribution in [2.45, 2.75) is 58.2 Å². The number of rotatable bonds is 1. The lowest BCUT2D eigenvalue weighted by molar-refractivity contribution is -0.222. The Balaban J connectivity index is 1.57. The third kappa shape index (κ3) is 2.99. The van der Waals surface area contributed by atoms with E-state index < -0.39 is 17.7 Å². The van der Waals surface area contributed by atoms with Crippen LogP contribution in [0.15, 0.2) is 54.1 Å². The molecule has 0 spiro atoms. The van der Waals surface area contributed by atoms with Crippen molar-refractivity contribution in [3.8, 4) is 0 Å². The van der Waals surface area contributed by atoms with E-state index in [1.807, 2.05) is 0 Å². The van der Waals surface area contributed by atoms with Crippen LogP contribution in [0.25, 0.3) is 6.08 Å². The lowest BCUT2D eigenvalue weighted by atomic mass is 9.67. The molecule has 1 aromatic heterocycles. The van der Waals surface area contributed by atoms with Crippen molar-refractivity contribution in [3.05, 3.63) is 81.2 Å². The topological polar surface area (TPSA) is 55.8 Å². The van der Waals surface area contributed by atoms with E-state index in [9.17, 15) is 9.59 Å². The Labute approximate surface area is 209 Å². The van der Waals surface area contributed by atoms with E-state index in [2.05, 4.69) is 81.1 Å².